The zero-order chi connectivity index (χ0) is 2.00. The summed E-state index contributed by atoms with van der Waals surface area (Å²) in [6, 6.07) is 0. The molecule has 0 saturated heterocycles. The van der Waals surface area contributed by atoms with Crippen molar-refractivity contribution in [1.29, 1.82) is 0 Å². The highest BCUT2D eigenvalue weighted by molar-refractivity contribution is 15.0. The second-order valence-corrected chi connectivity index (χ2v) is 0. The maximum atomic E-state index is 2.12. The fourth-order valence-corrected chi connectivity index (χ4v) is 0. The summed E-state index contributed by atoms with van der Waals surface area (Å²) in [6.07, 6.45) is 0. The van der Waals surface area contributed by atoms with Crippen LogP contribution >= 0.6 is 71.1 Å². The normalized spacial score (nSPS) is 1.20. The van der Waals surface area contributed by atoms with E-state index in [-0.39, 0.29) is 41.3 Å². The molecule has 0 rings (SSSR count). The highest BCUT2D eigenvalue weighted by Crippen LogP contribution is 1.89. The molecule has 0 aliphatic carbocycles. The van der Waals surface area contributed by atoms with Gasteiger partial charge in [-0.2, -0.15) is 9.90 Å². The largest absolute Gasteiger partial charge is 0.153 e. The van der Waals surface area contributed by atoms with E-state index in [9.17, 15) is 0 Å². The van der Waals surface area contributed by atoms with Crippen LogP contribution in [-0.4, -0.2) is 0 Å². The lowest BCUT2D eigenvalue weighted by Gasteiger charge is -1.00. The molecule has 4 heteroatoms. The van der Waals surface area contributed by atoms with Crippen LogP contribution in [0.1, 0.15) is 7.43 Å². The van der Waals surface area contributed by atoms with Crippen LogP contribution in [0.2, 0.25) is 0 Å². The quantitative estimate of drug-likeness (QED) is 0.408. The molecule has 0 nitrogen and oxygen atoms in total. The average molecular weight is 432 g/mol. The SMILES string of the molecule is C.I.II.P. The summed E-state index contributed by atoms with van der Waals surface area (Å²) in [6.45, 7) is 0. The molecule has 0 aromatic rings. The maximum absolute atomic E-state index is 2.12. The van der Waals surface area contributed by atoms with Gasteiger partial charge in [-0.15, -0.1) is 24.0 Å². The predicted molar refractivity (Wildman–Crippen MR) is 61.3 cm³/mol. The molecule has 1 unspecified atom stereocenters. The van der Waals surface area contributed by atoms with E-state index in [1.165, 1.54) is 0 Å². The van der Waals surface area contributed by atoms with Crippen molar-refractivity contribution in [3.63, 3.8) is 0 Å². The minimum Gasteiger partial charge on any atom is -0.153 e. The van der Waals surface area contributed by atoms with Crippen LogP contribution in [0, 0.1) is 0 Å². The van der Waals surface area contributed by atoms with Crippen LogP contribution in [-0.2, 0) is 0 Å². The number of rotatable bonds is 0. The van der Waals surface area contributed by atoms with E-state index >= 15 is 0 Å². The van der Waals surface area contributed by atoms with Crippen molar-refractivity contribution in [2.24, 2.45) is 0 Å². The molecule has 1 atom stereocenters. The predicted octanol–water partition coefficient (Wildman–Crippen LogP) is 3.08. The Bertz CT molecular complexity index is 6.85. The van der Waals surface area contributed by atoms with Crippen LogP contribution in [0.3, 0.4) is 0 Å². The standard InChI is InChI=1S/CH4.I2.HI.H3P/c;1-2;;/h1H4;;1H;1H3. The van der Waals surface area contributed by atoms with Gasteiger partial charge in [-0.05, 0) is 0 Å². The molecule has 0 radical (unpaired) electrons. The first-order valence-electron chi connectivity index (χ1n) is 0.143. The zero-order valence-electron chi connectivity index (χ0n) is 1.87. The third kappa shape index (κ3) is 20.6. The van der Waals surface area contributed by atoms with Crippen LogP contribution in [0.4, 0.5) is 0 Å². The van der Waals surface area contributed by atoms with Crippen molar-refractivity contribution >= 4 is 71.1 Å². The molecule has 0 amide bonds. The lowest BCUT2D eigenvalue weighted by atomic mass is 12.0. The smallest absolute Gasteiger partial charge is 0 e. The monoisotopic (exact) mass is 432 g/mol. The number of hydrogen-bond acceptors (Lipinski definition) is 0. The van der Waals surface area contributed by atoms with Crippen molar-refractivity contribution in [2.75, 3.05) is 0 Å². The van der Waals surface area contributed by atoms with Crippen molar-refractivity contribution in [1.82, 2.24) is 0 Å². The summed E-state index contributed by atoms with van der Waals surface area (Å²) in [4.78, 5) is 0. The third-order valence-corrected chi connectivity index (χ3v) is 0. The first kappa shape index (κ1) is 25.5. The fourth-order valence-electron chi connectivity index (χ4n) is 0. The summed E-state index contributed by atoms with van der Waals surface area (Å²) < 4.78 is 0. The van der Waals surface area contributed by atoms with Gasteiger partial charge in [-0.3, -0.25) is 0 Å². The van der Waals surface area contributed by atoms with Crippen molar-refractivity contribution in [2.45, 2.75) is 7.43 Å². The summed E-state index contributed by atoms with van der Waals surface area (Å²) in [5, 5.41) is 0. The molecule has 5 heavy (non-hydrogen) atoms. The molecule has 0 heterocycles. The summed E-state index contributed by atoms with van der Waals surface area (Å²) >= 11 is 4.24. The highest BCUT2D eigenvalue weighted by Gasteiger charge is 1.00. The zero-order valence-corrected chi connectivity index (χ0v) is 9.93. The molecule has 38 valence electrons. The molecular formula is CH8I3P. The van der Waals surface area contributed by atoms with E-state index in [2.05, 4.69) is 37.2 Å². The van der Waals surface area contributed by atoms with Crippen molar-refractivity contribution in [3.05, 3.63) is 0 Å². The van der Waals surface area contributed by atoms with Crippen LogP contribution < -0.4 is 0 Å². The van der Waals surface area contributed by atoms with Gasteiger partial charge in [0, 0.05) is 37.2 Å². The summed E-state index contributed by atoms with van der Waals surface area (Å²) in [5.41, 5.74) is 0. The van der Waals surface area contributed by atoms with Gasteiger partial charge in [-0.25, -0.2) is 0 Å². The van der Waals surface area contributed by atoms with Crippen molar-refractivity contribution in [3.8, 4) is 0 Å². The Hall–Kier alpha value is 2.62. The Kier molecular flexibility index (Phi) is 155. The Morgan fingerprint density at radius 3 is 1.00 bits per heavy atom. The lowest BCUT2D eigenvalue weighted by Crippen LogP contribution is -0.114. The van der Waals surface area contributed by atoms with E-state index in [0.717, 1.165) is 0 Å². The van der Waals surface area contributed by atoms with E-state index in [1.54, 1.807) is 0 Å². The summed E-state index contributed by atoms with van der Waals surface area (Å²) in [7, 11) is 0. The van der Waals surface area contributed by atoms with Gasteiger partial charge in [0.1, 0.15) is 0 Å². The maximum Gasteiger partial charge on any atom is 0 e. The Morgan fingerprint density at radius 2 is 1.00 bits per heavy atom. The summed E-state index contributed by atoms with van der Waals surface area (Å²) in [5.74, 6) is 0. The molecule has 0 spiro atoms. The fraction of sp³-hybridized carbons (Fsp3) is 1.00. The van der Waals surface area contributed by atoms with Gasteiger partial charge in [0.05, 0.1) is 0 Å². The molecule has 0 fully saturated rings. The van der Waals surface area contributed by atoms with Crippen molar-refractivity contribution < 1.29 is 0 Å². The van der Waals surface area contributed by atoms with E-state index in [0.29, 0.717) is 0 Å². The van der Waals surface area contributed by atoms with E-state index < -0.39 is 0 Å². The average Bonchev–Trinajstić information content (AvgIpc) is 1.00. The molecule has 0 bridgehead atoms. The number of halogens is 3. The van der Waals surface area contributed by atoms with Crippen LogP contribution in [0.15, 0.2) is 0 Å². The first-order valence-corrected chi connectivity index (χ1v) is 6.43. The van der Waals surface area contributed by atoms with E-state index in [1.807, 2.05) is 0 Å². The molecule has 0 aliphatic heterocycles. The second-order valence-electron chi connectivity index (χ2n) is 0. The minimum atomic E-state index is 0. The molecule has 0 N–H and O–H groups in total. The van der Waals surface area contributed by atoms with Gasteiger partial charge in [0.2, 0.25) is 0 Å². The lowest BCUT2D eigenvalue weighted by molar-refractivity contribution is 2.50. The molecule has 0 aliphatic rings. The van der Waals surface area contributed by atoms with E-state index in [4.69, 9.17) is 0 Å². The minimum absolute atomic E-state index is 0. The van der Waals surface area contributed by atoms with Crippen LogP contribution in [0.5, 0.6) is 0 Å². The molecule has 0 aromatic carbocycles. The molecule has 0 aromatic heterocycles. The van der Waals surface area contributed by atoms with Gasteiger partial charge in [-0.1, -0.05) is 7.43 Å². The molecule has 0 saturated carbocycles. The van der Waals surface area contributed by atoms with Gasteiger partial charge in [0.15, 0.2) is 0 Å². The number of hydrogen-bond donors (Lipinski definition) is 0. The Labute approximate surface area is 77.2 Å². The molecular weight excluding hydrogens is 424 g/mol. The van der Waals surface area contributed by atoms with Gasteiger partial charge >= 0.3 is 0 Å². The Morgan fingerprint density at radius 1 is 1.00 bits per heavy atom. The van der Waals surface area contributed by atoms with Crippen LogP contribution in [0.25, 0.3) is 0 Å². The third-order valence-electron chi connectivity index (χ3n) is 0. The second kappa shape index (κ2) is 30.5. The van der Waals surface area contributed by atoms with Gasteiger partial charge in [0.25, 0.3) is 0 Å². The highest BCUT2D eigenvalue weighted by atomic mass is 128. The first-order chi connectivity index (χ1) is 1.00. The topological polar surface area (TPSA) is 0 Å². The Balaban J connectivity index is -0.00000000167. The van der Waals surface area contributed by atoms with Gasteiger partial charge < -0.3 is 0 Å².